The van der Waals surface area contributed by atoms with Crippen molar-refractivity contribution < 1.29 is 0 Å². The van der Waals surface area contributed by atoms with Gasteiger partial charge in [0.05, 0.1) is 28.5 Å². The zero-order valence-corrected chi connectivity index (χ0v) is 74.2. The zero-order chi connectivity index (χ0) is 87.9. The van der Waals surface area contributed by atoms with Crippen molar-refractivity contribution in [1.29, 1.82) is 0 Å². The molecule has 126 heavy (non-hydrogen) atoms. The van der Waals surface area contributed by atoms with E-state index in [1.165, 1.54) is 94.6 Å². The molecule has 0 spiro atoms. The van der Waals surface area contributed by atoms with Crippen molar-refractivity contribution >= 4 is 0 Å². The molecule has 0 aliphatic heterocycles. The van der Waals surface area contributed by atoms with Crippen LogP contribution in [0.5, 0.6) is 0 Å². The second-order valence-corrected chi connectivity index (χ2v) is 33.0. The van der Waals surface area contributed by atoms with Crippen LogP contribution in [0.1, 0.15) is 152 Å². The molecule has 8 aromatic carbocycles. The number of pyridine rings is 10. The summed E-state index contributed by atoms with van der Waals surface area (Å²) < 4.78 is 0. The molecule has 0 N–H and O–H groups in total. The minimum atomic E-state index is 0.469. The van der Waals surface area contributed by atoms with E-state index in [9.17, 15) is 0 Å². The lowest BCUT2D eigenvalue weighted by molar-refractivity contribution is 0.867. The van der Waals surface area contributed by atoms with Gasteiger partial charge in [-0.05, 0) is 288 Å². The van der Waals surface area contributed by atoms with Gasteiger partial charge in [0.25, 0.3) is 0 Å². The summed E-state index contributed by atoms with van der Waals surface area (Å²) in [5.74, 6) is 2.91. The lowest BCUT2D eigenvalue weighted by Crippen LogP contribution is -1.93. The summed E-state index contributed by atoms with van der Waals surface area (Å²) in [6, 6.07) is 112. The van der Waals surface area contributed by atoms with Gasteiger partial charge in [0.15, 0.2) is 0 Å². The number of nitrogens with zero attached hydrogens (tertiary/aromatic N) is 10. The van der Waals surface area contributed by atoms with Crippen molar-refractivity contribution in [1.82, 2.24) is 49.8 Å². The van der Waals surface area contributed by atoms with E-state index in [0.29, 0.717) is 35.5 Å². The van der Waals surface area contributed by atoms with Gasteiger partial charge in [-0.3, -0.25) is 49.8 Å². The predicted molar refractivity (Wildman–Crippen MR) is 526 cm³/mol. The highest BCUT2D eigenvalue weighted by atomic mass is 14.7. The molecular weight excluding hydrogens is 1530 g/mol. The number of benzene rings is 8. The van der Waals surface area contributed by atoms with Crippen LogP contribution in [0, 0.1) is 0 Å². The lowest BCUT2D eigenvalue weighted by atomic mass is 9.92. The summed E-state index contributed by atoms with van der Waals surface area (Å²) in [6.45, 7) is 26.6. The first-order valence-corrected chi connectivity index (χ1v) is 43.5. The van der Waals surface area contributed by atoms with Crippen LogP contribution >= 0.6 is 0 Å². The second kappa shape index (κ2) is 44.9. The van der Waals surface area contributed by atoms with E-state index in [1.807, 2.05) is 190 Å². The van der Waals surface area contributed by atoms with E-state index in [2.05, 4.69) is 339 Å². The molecule has 0 amide bonds. The van der Waals surface area contributed by atoms with Gasteiger partial charge in [-0.25, -0.2) is 0 Å². The topological polar surface area (TPSA) is 129 Å². The van der Waals surface area contributed by atoms with Crippen molar-refractivity contribution in [3.63, 3.8) is 0 Å². The number of hydrogen-bond donors (Lipinski definition) is 0. The van der Waals surface area contributed by atoms with Crippen LogP contribution in [0.25, 0.3) is 134 Å². The molecule has 18 rings (SSSR count). The van der Waals surface area contributed by atoms with Gasteiger partial charge in [0.1, 0.15) is 0 Å². The van der Waals surface area contributed by atoms with Crippen LogP contribution in [0.15, 0.2) is 414 Å². The normalized spacial score (nSPS) is 10.8. The lowest BCUT2D eigenvalue weighted by Gasteiger charge is -2.12. The first-order valence-electron chi connectivity index (χ1n) is 43.5. The van der Waals surface area contributed by atoms with Crippen LogP contribution in [-0.2, 0) is 0 Å². The first kappa shape index (κ1) is 89.0. The van der Waals surface area contributed by atoms with Gasteiger partial charge in [-0.15, -0.1) is 0 Å². The Balaban J connectivity index is 0.000000130. The molecule has 10 nitrogen and oxygen atoms in total. The van der Waals surface area contributed by atoms with Gasteiger partial charge in [0.2, 0.25) is 0 Å². The Hall–Kier alpha value is -14.7. The van der Waals surface area contributed by atoms with E-state index in [1.54, 1.807) is 18.6 Å². The fourth-order valence-corrected chi connectivity index (χ4v) is 14.4. The Morgan fingerprint density at radius 3 is 0.516 bits per heavy atom. The van der Waals surface area contributed by atoms with E-state index >= 15 is 0 Å². The third-order valence-corrected chi connectivity index (χ3v) is 21.7. The molecule has 0 atom stereocenters. The molecule has 10 aromatic heterocycles. The summed E-state index contributed by atoms with van der Waals surface area (Å²) >= 11 is 0. The molecule has 0 bridgehead atoms. The fraction of sp³-hybridized carbons (Fsp3) is 0.155. The fourth-order valence-electron chi connectivity index (χ4n) is 14.4. The van der Waals surface area contributed by atoms with Crippen LogP contribution in [-0.4, -0.2) is 49.8 Å². The second-order valence-electron chi connectivity index (χ2n) is 33.0. The number of rotatable bonds is 18. The molecule has 18 aromatic rings. The molecule has 0 fully saturated rings. The number of aromatic nitrogens is 10. The van der Waals surface area contributed by atoms with E-state index in [-0.39, 0.29) is 0 Å². The highest BCUT2D eigenvalue weighted by Gasteiger charge is 2.16. The van der Waals surface area contributed by atoms with Crippen LogP contribution in [0.4, 0.5) is 0 Å². The molecule has 0 saturated heterocycles. The Kier molecular flexibility index (Phi) is 31.7. The van der Waals surface area contributed by atoms with E-state index in [0.717, 1.165) is 73.0 Å². The summed E-state index contributed by atoms with van der Waals surface area (Å²) in [5.41, 5.74) is 35.6. The smallest absolute Gasteiger partial charge is 0.0702 e. The molecule has 10 heteroatoms. The first-order chi connectivity index (χ1) is 61.4. The molecule has 0 radical (unpaired) electrons. The summed E-state index contributed by atoms with van der Waals surface area (Å²) in [5, 5.41) is 0. The van der Waals surface area contributed by atoms with E-state index in [4.69, 9.17) is 0 Å². The molecule has 0 saturated carbocycles. The molecule has 0 aliphatic carbocycles. The summed E-state index contributed by atoms with van der Waals surface area (Å²) in [7, 11) is 0. The van der Waals surface area contributed by atoms with Crippen LogP contribution in [0.3, 0.4) is 0 Å². The quantitative estimate of drug-likeness (QED) is 0.0819. The summed E-state index contributed by atoms with van der Waals surface area (Å²) in [4.78, 5) is 43.4. The Morgan fingerprint density at radius 2 is 0.317 bits per heavy atom. The minimum Gasteiger partial charge on any atom is -0.265 e. The maximum absolute atomic E-state index is 4.48. The SMILES string of the molecule is CC(C)c1cc(-c2ccccc2)cc(-c2ccccn2)c1.CC(C)c1cc(-c2ccccc2)cc(-c2cccnc2)c1.CC(C)c1cc(-c2ccccn2)cc(-c2ccccn2)c1.CC(C)c1cc(-c2cccnc2)cc(-c2ccccn2)c1.CC(C)c1cc(-c2cccnc2)cc(-c2cccnc2)c1.CC(C)c1cc(-c2ccncc2)cc(-c2ccccn2)c1. The highest BCUT2D eigenvalue weighted by molar-refractivity contribution is 5.79. The van der Waals surface area contributed by atoms with Crippen LogP contribution < -0.4 is 0 Å². The van der Waals surface area contributed by atoms with Gasteiger partial charge in [-0.2, -0.15) is 0 Å². The molecule has 0 aliphatic rings. The minimum absolute atomic E-state index is 0.469. The van der Waals surface area contributed by atoms with Gasteiger partial charge in [0, 0.05) is 143 Å². The largest absolute Gasteiger partial charge is 0.265 e. The van der Waals surface area contributed by atoms with Crippen molar-refractivity contribution in [3.05, 3.63) is 448 Å². The third kappa shape index (κ3) is 25.2. The Bertz CT molecular complexity index is 4970. The maximum atomic E-state index is 4.48. The van der Waals surface area contributed by atoms with E-state index < -0.39 is 0 Å². The van der Waals surface area contributed by atoms with Gasteiger partial charge >= 0.3 is 0 Å². The number of hydrogen-bond acceptors (Lipinski definition) is 10. The average molecular weight is 1640 g/mol. The average Bonchev–Trinajstić information content (AvgIpc) is 0.841. The molecule has 10 heterocycles. The van der Waals surface area contributed by atoms with Crippen molar-refractivity contribution in [2.75, 3.05) is 0 Å². The van der Waals surface area contributed by atoms with Crippen molar-refractivity contribution in [2.45, 2.75) is 119 Å². The molecule has 624 valence electrons. The third-order valence-electron chi connectivity index (χ3n) is 21.7. The highest BCUT2D eigenvalue weighted by Crippen LogP contribution is 2.38. The Labute approximate surface area is 745 Å². The van der Waals surface area contributed by atoms with Gasteiger partial charge < -0.3 is 0 Å². The maximum Gasteiger partial charge on any atom is 0.0702 e. The Morgan fingerprint density at radius 1 is 0.135 bits per heavy atom. The monoisotopic (exact) mass is 1640 g/mol. The zero-order valence-electron chi connectivity index (χ0n) is 74.2. The molecule has 0 unspecified atom stereocenters. The summed E-state index contributed by atoms with van der Waals surface area (Å²) in [6.07, 6.45) is 27.7. The van der Waals surface area contributed by atoms with Crippen molar-refractivity contribution in [2.24, 2.45) is 0 Å². The molecular formula is C116H110N10. The van der Waals surface area contributed by atoms with Gasteiger partial charge in [-0.1, -0.05) is 241 Å². The standard InChI is InChI=1S/2C20H19N.4C19H18N2/c1-15(2)17-12-18(16-8-4-3-5-9-16)14-19(13-17)20-10-6-7-11-21-20;1-15(2)18-11-19(16-7-4-3-5-8-16)13-20(12-18)17-9-6-10-21-14-17;1-14(2)17-9-18(15-5-3-7-20-12-15)11-19(10-17)16-6-4-8-21-13-16;1-14(2)15-11-16(18-7-3-5-9-20-18)13-17(12-15)19-8-4-6-10-21-19;1-14(2)16-10-17(15-6-5-8-20-13-15)12-18(11-16)19-7-3-4-9-21-19;1-14(2)16-11-17(15-6-9-20-10-7-15)13-18(12-16)19-5-3-4-8-21-19/h2*3-15H,1-2H3;4*3-14H,1-2H3. The van der Waals surface area contributed by atoms with Crippen LogP contribution in [0.2, 0.25) is 0 Å². The van der Waals surface area contributed by atoms with Crippen molar-refractivity contribution in [3.8, 4) is 134 Å². The predicted octanol–water partition coefficient (Wildman–Crippen LogP) is 30.8.